The Bertz CT molecular complexity index is 848. The zero-order valence-electron chi connectivity index (χ0n) is 12.6. The minimum atomic E-state index is -3.34. The molecule has 0 bridgehead atoms. The predicted octanol–water partition coefficient (Wildman–Crippen LogP) is 2.06. The summed E-state index contributed by atoms with van der Waals surface area (Å²) in [6.07, 6.45) is 4.37. The maximum absolute atomic E-state index is 12.5. The molecular formula is C16H16N2O4S. The highest BCUT2D eigenvalue weighted by Crippen LogP contribution is 2.32. The number of carbonyl (C=O) groups is 1. The average Bonchev–Trinajstić information content (AvgIpc) is 2.54. The van der Waals surface area contributed by atoms with E-state index in [1.165, 1.54) is 13.2 Å². The standard InChI is InChI=1S/C16H16N2O4S/c1-22-14-9-11-3-2-8-23(20,21)15(11)10-13(14)16(19)18-12-4-6-17-7-5-12/h4-7,9-10H,2-3,8H2,1H3,(H,17,18,19). The van der Waals surface area contributed by atoms with E-state index in [9.17, 15) is 13.2 Å². The molecule has 0 radical (unpaired) electrons. The fourth-order valence-corrected chi connectivity index (χ4v) is 4.23. The molecule has 2 aromatic rings. The number of sulfone groups is 1. The third-order valence-electron chi connectivity index (χ3n) is 3.76. The van der Waals surface area contributed by atoms with Crippen molar-refractivity contribution in [2.24, 2.45) is 0 Å². The van der Waals surface area contributed by atoms with E-state index in [1.807, 2.05) is 0 Å². The quantitative estimate of drug-likeness (QED) is 0.930. The van der Waals surface area contributed by atoms with Crippen LogP contribution in [0.15, 0.2) is 41.6 Å². The van der Waals surface area contributed by atoms with Crippen molar-refractivity contribution in [3.05, 3.63) is 47.8 Å². The maximum atomic E-state index is 12.5. The van der Waals surface area contributed by atoms with Crippen LogP contribution >= 0.6 is 0 Å². The number of amides is 1. The van der Waals surface area contributed by atoms with Gasteiger partial charge in [-0.25, -0.2) is 8.42 Å². The second-order valence-corrected chi connectivity index (χ2v) is 7.35. The van der Waals surface area contributed by atoms with Gasteiger partial charge in [0.15, 0.2) is 9.84 Å². The number of hydrogen-bond donors (Lipinski definition) is 1. The van der Waals surface area contributed by atoms with Gasteiger partial charge in [-0.3, -0.25) is 9.78 Å². The van der Waals surface area contributed by atoms with Crippen molar-refractivity contribution in [3.8, 4) is 5.75 Å². The number of nitrogens with one attached hydrogen (secondary N) is 1. The molecule has 0 fully saturated rings. The van der Waals surface area contributed by atoms with Gasteiger partial charge in [0.2, 0.25) is 0 Å². The number of fused-ring (bicyclic) bond motifs is 1. The first-order valence-electron chi connectivity index (χ1n) is 7.16. The Balaban J connectivity index is 2.03. The van der Waals surface area contributed by atoms with Gasteiger partial charge in [0.25, 0.3) is 5.91 Å². The lowest BCUT2D eigenvalue weighted by atomic mass is 10.1. The van der Waals surface area contributed by atoms with E-state index in [2.05, 4.69) is 10.3 Å². The van der Waals surface area contributed by atoms with Gasteiger partial charge in [-0.2, -0.15) is 0 Å². The van der Waals surface area contributed by atoms with Crippen molar-refractivity contribution in [1.82, 2.24) is 4.98 Å². The number of methoxy groups -OCH3 is 1. The Kier molecular flexibility index (Phi) is 4.04. The molecule has 3 rings (SSSR count). The molecule has 0 unspecified atom stereocenters. The summed E-state index contributed by atoms with van der Waals surface area (Å²) in [5, 5.41) is 2.71. The average molecular weight is 332 g/mol. The summed E-state index contributed by atoms with van der Waals surface area (Å²) in [5.41, 5.74) is 1.48. The van der Waals surface area contributed by atoms with E-state index < -0.39 is 15.7 Å². The fourth-order valence-electron chi connectivity index (χ4n) is 2.63. The number of benzene rings is 1. The van der Waals surface area contributed by atoms with Gasteiger partial charge in [-0.05, 0) is 42.7 Å². The lowest BCUT2D eigenvalue weighted by molar-refractivity contribution is 0.102. The highest BCUT2D eigenvalue weighted by molar-refractivity contribution is 7.91. The Morgan fingerprint density at radius 2 is 2.00 bits per heavy atom. The molecule has 1 aromatic carbocycles. The number of anilines is 1. The van der Waals surface area contributed by atoms with Gasteiger partial charge >= 0.3 is 0 Å². The van der Waals surface area contributed by atoms with Crippen LogP contribution in [0.3, 0.4) is 0 Å². The number of aromatic nitrogens is 1. The van der Waals surface area contributed by atoms with E-state index in [1.54, 1.807) is 30.6 Å². The SMILES string of the molecule is COc1cc2c(cc1C(=O)Nc1ccncc1)S(=O)(=O)CCC2. The summed E-state index contributed by atoms with van der Waals surface area (Å²) in [4.78, 5) is 16.6. The van der Waals surface area contributed by atoms with Crippen molar-refractivity contribution in [3.63, 3.8) is 0 Å². The smallest absolute Gasteiger partial charge is 0.259 e. The number of nitrogens with zero attached hydrogens (tertiary/aromatic N) is 1. The van der Waals surface area contributed by atoms with Crippen molar-refractivity contribution < 1.29 is 17.9 Å². The first-order valence-corrected chi connectivity index (χ1v) is 8.81. The molecule has 6 nitrogen and oxygen atoms in total. The first kappa shape index (κ1) is 15.5. The predicted molar refractivity (Wildman–Crippen MR) is 85.6 cm³/mol. The van der Waals surface area contributed by atoms with Crippen LogP contribution in [0.1, 0.15) is 22.3 Å². The Labute approximate surface area is 134 Å². The van der Waals surface area contributed by atoms with Crippen molar-refractivity contribution in [2.75, 3.05) is 18.2 Å². The molecule has 0 spiro atoms. The van der Waals surface area contributed by atoms with Gasteiger partial charge in [-0.15, -0.1) is 0 Å². The topological polar surface area (TPSA) is 85.4 Å². The second kappa shape index (κ2) is 6.00. The molecule has 7 heteroatoms. The molecule has 1 amide bonds. The number of carbonyl (C=O) groups excluding carboxylic acids is 1. The van der Waals surface area contributed by atoms with Crippen LogP contribution in [-0.2, 0) is 16.3 Å². The molecule has 1 N–H and O–H groups in total. The zero-order chi connectivity index (χ0) is 16.4. The molecule has 0 atom stereocenters. The normalized spacial score (nSPS) is 15.5. The van der Waals surface area contributed by atoms with Crippen LogP contribution in [0.25, 0.3) is 0 Å². The third-order valence-corrected chi connectivity index (χ3v) is 5.64. The van der Waals surface area contributed by atoms with Gasteiger partial charge in [0.1, 0.15) is 5.75 Å². The summed E-state index contributed by atoms with van der Waals surface area (Å²) in [7, 11) is -1.88. The second-order valence-electron chi connectivity index (χ2n) is 5.27. The van der Waals surface area contributed by atoms with Crippen LogP contribution in [0.2, 0.25) is 0 Å². The largest absolute Gasteiger partial charge is 0.496 e. The van der Waals surface area contributed by atoms with E-state index >= 15 is 0 Å². The van der Waals surface area contributed by atoms with Gasteiger partial charge in [-0.1, -0.05) is 0 Å². The first-order chi connectivity index (χ1) is 11.0. The third kappa shape index (κ3) is 3.05. The highest BCUT2D eigenvalue weighted by atomic mass is 32.2. The van der Waals surface area contributed by atoms with Crippen molar-refractivity contribution in [1.29, 1.82) is 0 Å². The van der Waals surface area contributed by atoms with Crippen molar-refractivity contribution in [2.45, 2.75) is 17.7 Å². The molecule has 1 aliphatic heterocycles. The lowest BCUT2D eigenvalue weighted by Crippen LogP contribution is -2.19. The van der Waals surface area contributed by atoms with E-state index in [4.69, 9.17) is 4.74 Å². The molecule has 0 saturated heterocycles. The number of ether oxygens (including phenoxy) is 1. The Morgan fingerprint density at radius 3 is 2.70 bits per heavy atom. The van der Waals surface area contributed by atoms with Gasteiger partial charge in [0.05, 0.1) is 23.3 Å². The Morgan fingerprint density at radius 1 is 1.26 bits per heavy atom. The Hall–Kier alpha value is -2.41. The molecule has 1 aromatic heterocycles. The zero-order valence-corrected chi connectivity index (χ0v) is 13.4. The van der Waals surface area contributed by atoms with Crippen LogP contribution in [-0.4, -0.2) is 32.2 Å². The minimum Gasteiger partial charge on any atom is -0.496 e. The number of rotatable bonds is 3. The molecular weight excluding hydrogens is 316 g/mol. The summed E-state index contributed by atoms with van der Waals surface area (Å²) >= 11 is 0. The molecule has 0 saturated carbocycles. The number of aryl methyl sites for hydroxylation is 1. The van der Waals surface area contributed by atoms with E-state index in [-0.39, 0.29) is 16.2 Å². The molecule has 2 heterocycles. The lowest BCUT2D eigenvalue weighted by Gasteiger charge is -2.19. The van der Waals surface area contributed by atoms with Gasteiger partial charge < -0.3 is 10.1 Å². The molecule has 1 aliphatic rings. The van der Waals surface area contributed by atoms with Gasteiger partial charge in [0, 0.05) is 18.1 Å². The number of pyridine rings is 1. The summed E-state index contributed by atoms with van der Waals surface area (Å²) in [6, 6.07) is 6.37. The summed E-state index contributed by atoms with van der Waals surface area (Å²) in [6.45, 7) is 0. The molecule has 0 aliphatic carbocycles. The summed E-state index contributed by atoms with van der Waals surface area (Å²) < 4.78 is 29.7. The van der Waals surface area contributed by atoms with Crippen LogP contribution < -0.4 is 10.1 Å². The minimum absolute atomic E-state index is 0.109. The van der Waals surface area contributed by atoms with Crippen LogP contribution in [0.5, 0.6) is 5.75 Å². The van der Waals surface area contributed by atoms with Crippen LogP contribution in [0, 0.1) is 0 Å². The monoisotopic (exact) mass is 332 g/mol. The van der Waals surface area contributed by atoms with E-state index in [0.717, 1.165) is 0 Å². The van der Waals surface area contributed by atoms with Crippen LogP contribution in [0.4, 0.5) is 5.69 Å². The number of hydrogen-bond acceptors (Lipinski definition) is 5. The fraction of sp³-hybridized carbons (Fsp3) is 0.250. The van der Waals surface area contributed by atoms with E-state index in [0.29, 0.717) is 29.8 Å². The maximum Gasteiger partial charge on any atom is 0.259 e. The van der Waals surface area contributed by atoms with Crippen molar-refractivity contribution >= 4 is 21.4 Å². The highest BCUT2D eigenvalue weighted by Gasteiger charge is 2.27. The molecule has 23 heavy (non-hydrogen) atoms. The summed E-state index contributed by atoms with van der Waals surface area (Å²) in [5.74, 6) is 0.0570. The molecule has 120 valence electrons.